The largest absolute Gasteiger partial charge is 0.480 e. The minimum absolute atomic E-state index is 0.127. The van der Waals surface area contributed by atoms with E-state index in [2.05, 4.69) is 5.32 Å². The van der Waals surface area contributed by atoms with Crippen molar-refractivity contribution < 1.29 is 27.9 Å². The summed E-state index contributed by atoms with van der Waals surface area (Å²) in [5, 5.41) is 11.2. The van der Waals surface area contributed by atoms with E-state index in [4.69, 9.17) is 4.74 Å². The molecule has 0 aromatic heterocycles. The molecule has 2 atom stereocenters. The van der Waals surface area contributed by atoms with Crippen LogP contribution in [-0.4, -0.2) is 59.9 Å². The standard InChI is InChI=1S/C16H30N2O6S/c1-11(2)25(22,23)18-8-6-7-12(10-18)9-13(14(19)20)17-15(21)24-16(3,4)5/h11-13H,6-10H2,1-5H3,(H,17,21)(H,19,20)/t12?,13-/m0/s1. The lowest BCUT2D eigenvalue weighted by molar-refractivity contribution is -0.140. The second-order valence-corrected chi connectivity index (χ2v) is 10.2. The Morgan fingerprint density at radius 2 is 1.92 bits per heavy atom. The van der Waals surface area contributed by atoms with Crippen LogP contribution in [0.25, 0.3) is 0 Å². The monoisotopic (exact) mass is 378 g/mol. The second-order valence-electron chi connectivity index (χ2n) is 7.73. The number of carboxylic acids is 1. The van der Waals surface area contributed by atoms with Gasteiger partial charge in [0, 0.05) is 13.1 Å². The van der Waals surface area contributed by atoms with Crippen LogP contribution in [0.3, 0.4) is 0 Å². The highest BCUT2D eigenvalue weighted by molar-refractivity contribution is 7.89. The van der Waals surface area contributed by atoms with E-state index in [9.17, 15) is 23.1 Å². The van der Waals surface area contributed by atoms with Gasteiger partial charge in [0.25, 0.3) is 0 Å². The van der Waals surface area contributed by atoms with Crippen molar-refractivity contribution in [2.75, 3.05) is 13.1 Å². The molecule has 9 heteroatoms. The molecule has 8 nitrogen and oxygen atoms in total. The Balaban J connectivity index is 2.72. The molecule has 1 aliphatic rings. The highest BCUT2D eigenvalue weighted by Gasteiger charge is 2.34. The fourth-order valence-corrected chi connectivity index (χ4v) is 4.15. The first-order chi connectivity index (χ1) is 11.3. The third-order valence-electron chi connectivity index (χ3n) is 4.00. The second kappa shape index (κ2) is 8.35. The van der Waals surface area contributed by atoms with Crippen molar-refractivity contribution in [3.05, 3.63) is 0 Å². The molecule has 1 unspecified atom stereocenters. The van der Waals surface area contributed by atoms with Gasteiger partial charge in [-0.2, -0.15) is 0 Å². The summed E-state index contributed by atoms with van der Waals surface area (Å²) in [6.07, 6.45) is 0.778. The third-order valence-corrected chi connectivity index (χ3v) is 6.24. The van der Waals surface area contributed by atoms with Crippen molar-refractivity contribution in [1.82, 2.24) is 9.62 Å². The highest BCUT2D eigenvalue weighted by Crippen LogP contribution is 2.25. The predicted molar refractivity (Wildman–Crippen MR) is 93.8 cm³/mol. The molecule has 0 aromatic carbocycles. The molecule has 0 aromatic rings. The average Bonchev–Trinajstić information content (AvgIpc) is 2.44. The van der Waals surface area contributed by atoms with Gasteiger partial charge in [-0.1, -0.05) is 0 Å². The maximum absolute atomic E-state index is 12.3. The number of nitrogens with zero attached hydrogens (tertiary/aromatic N) is 1. The zero-order valence-electron chi connectivity index (χ0n) is 15.6. The number of aliphatic carboxylic acids is 1. The quantitative estimate of drug-likeness (QED) is 0.729. The van der Waals surface area contributed by atoms with Gasteiger partial charge >= 0.3 is 12.1 Å². The van der Waals surface area contributed by atoms with E-state index in [1.807, 2.05) is 0 Å². The first-order valence-corrected chi connectivity index (χ1v) is 10.0. The van der Waals surface area contributed by atoms with Crippen LogP contribution in [-0.2, 0) is 19.6 Å². The Hall–Kier alpha value is -1.35. The van der Waals surface area contributed by atoms with Gasteiger partial charge in [0.2, 0.25) is 10.0 Å². The van der Waals surface area contributed by atoms with Crippen LogP contribution >= 0.6 is 0 Å². The molecular formula is C16H30N2O6S. The molecule has 0 saturated carbocycles. The maximum atomic E-state index is 12.3. The molecule has 146 valence electrons. The Labute approximate surface area is 150 Å². The molecule has 0 radical (unpaired) electrons. The molecule has 0 spiro atoms. The van der Waals surface area contributed by atoms with Gasteiger partial charge in [-0.3, -0.25) is 0 Å². The van der Waals surface area contributed by atoms with E-state index in [0.717, 1.165) is 6.42 Å². The number of ether oxygens (including phenoxy) is 1. The van der Waals surface area contributed by atoms with Gasteiger partial charge in [-0.05, 0) is 59.8 Å². The summed E-state index contributed by atoms with van der Waals surface area (Å²) in [4.78, 5) is 23.3. The van der Waals surface area contributed by atoms with Gasteiger partial charge in [-0.25, -0.2) is 22.3 Å². The van der Waals surface area contributed by atoms with Crippen LogP contribution in [0, 0.1) is 5.92 Å². The number of amides is 1. The zero-order valence-corrected chi connectivity index (χ0v) is 16.4. The number of piperidine rings is 1. The number of hydrogen-bond donors (Lipinski definition) is 2. The molecule has 2 N–H and O–H groups in total. The average molecular weight is 378 g/mol. The minimum Gasteiger partial charge on any atom is -0.480 e. The van der Waals surface area contributed by atoms with Crippen LogP contribution < -0.4 is 5.32 Å². The number of alkyl carbamates (subject to hydrolysis) is 1. The highest BCUT2D eigenvalue weighted by atomic mass is 32.2. The lowest BCUT2D eigenvalue weighted by Gasteiger charge is -2.34. The van der Waals surface area contributed by atoms with E-state index in [0.29, 0.717) is 13.0 Å². The molecule has 1 rings (SSSR count). The summed E-state index contributed by atoms with van der Waals surface area (Å²) in [5.74, 6) is -1.28. The van der Waals surface area contributed by atoms with Crippen LogP contribution in [0.15, 0.2) is 0 Å². The zero-order chi connectivity index (χ0) is 19.4. The topological polar surface area (TPSA) is 113 Å². The number of hydrogen-bond acceptors (Lipinski definition) is 5. The van der Waals surface area contributed by atoms with Gasteiger partial charge in [0.1, 0.15) is 11.6 Å². The van der Waals surface area contributed by atoms with E-state index in [-0.39, 0.29) is 18.9 Å². The SMILES string of the molecule is CC(C)S(=O)(=O)N1CCCC(C[C@H](NC(=O)OC(C)(C)C)C(=O)O)C1. The van der Waals surface area contributed by atoms with E-state index < -0.39 is 39.0 Å². The predicted octanol–water partition coefficient (Wildman–Crippen LogP) is 1.80. The maximum Gasteiger partial charge on any atom is 0.408 e. The molecule has 1 heterocycles. The van der Waals surface area contributed by atoms with E-state index in [1.54, 1.807) is 34.6 Å². The van der Waals surface area contributed by atoms with Crippen molar-refractivity contribution in [1.29, 1.82) is 0 Å². The van der Waals surface area contributed by atoms with Crippen molar-refractivity contribution in [3.8, 4) is 0 Å². The number of carbonyl (C=O) groups is 2. The molecule has 25 heavy (non-hydrogen) atoms. The minimum atomic E-state index is -3.36. The molecule has 1 saturated heterocycles. The van der Waals surface area contributed by atoms with Gasteiger partial charge < -0.3 is 15.2 Å². The van der Waals surface area contributed by atoms with Crippen molar-refractivity contribution in [2.45, 2.75) is 70.8 Å². The number of nitrogens with one attached hydrogen (secondary N) is 1. The molecule has 1 amide bonds. The third kappa shape index (κ3) is 6.81. The number of carboxylic acid groups (broad SMARTS) is 1. The van der Waals surface area contributed by atoms with Gasteiger partial charge in [0.05, 0.1) is 5.25 Å². The normalized spacial score (nSPS) is 21.0. The van der Waals surface area contributed by atoms with Crippen molar-refractivity contribution in [2.24, 2.45) is 5.92 Å². The van der Waals surface area contributed by atoms with Gasteiger partial charge in [-0.15, -0.1) is 0 Å². The number of carbonyl (C=O) groups excluding carboxylic acids is 1. The Kier molecular flexibility index (Phi) is 7.25. The summed E-state index contributed by atoms with van der Waals surface area (Å²) in [5.41, 5.74) is -0.722. The number of sulfonamides is 1. The van der Waals surface area contributed by atoms with Crippen LogP contribution in [0.1, 0.15) is 53.9 Å². The fraction of sp³-hybridized carbons (Fsp3) is 0.875. The van der Waals surface area contributed by atoms with Crippen LogP contribution in [0.2, 0.25) is 0 Å². The summed E-state index contributed by atoms with van der Waals surface area (Å²) in [6, 6.07) is -1.11. The Bertz CT molecular complexity index is 582. The smallest absolute Gasteiger partial charge is 0.408 e. The fourth-order valence-electron chi connectivity index (χ4n) is 2.75. The van der Waals surface area contributed by atoms with E-state index >= 15 is 0 Å². The van der Waals surface area contributed by atoms with Crippen LogP contribution in [0.5, 0.6) is 0 Å². The Morgan fingerprint density at radius 1 is 1.32 bits per heavy atom. The molecule has 1 fully saturated rings. The molecule has 0 aliphatic carbocycles. The summed E-state index contributed by atoms with van der Waals surface area (Å²) < 4.78 is 31.1. The lowest BCUT2D eigenvalue weighted by Crippen LogP contribution is -2.48. The molecule has 1 aliphatic heterocycles. The lowest BCUT2D eigenvalue weighted by atomic mass is 9.92. The summed E-state index contributed by atoms with van der Waals surface area (Å²) in [7, 11) is -3.36. The summed E-state index contributed by atoms with van der Waals surface area (Å²) in [6.45, 7) is 9.06. The first-order valence-electron chi connectivity index (χ1n) is 8.54. The summed E-state index contributed by atoms with van der Waals surface area (Å²) >= 11 is 0. The molecule has 0 bridgehead atoms. The van der Waals surface area contributed by atoms with Crippen molar-refractivity contribution >= 4 is 22.1 Å². The van der Waals surface area contributed by atoms with Crippen molar-refractivity contribution in [3.63, 3.8) is 0 Å². The Morgan fingerprint density at radius 3 is 2.40 bits per heavy atom. The van der Waals surface area contributed by atoms with Crippen LogP contribution in [0.4, 0.5) is 4.79 Å². The number of rotatable bonds is 6. The van der Waals surface area contributed by atoms with Gasteiger partial charge in [0.15, 0.2) is 0 Å². The molecular weight excluding hydrogens is 348 g/mol. The first kappa shape index (κ1) is 21.7. The van der Waals surface area contributed by atoms with E-state index in [1.165, 1.54) is 4.31 Å².